The Morgan fingerprint density at radius 3 is 2.66 bits per heavy atom. The zero-order valence-corrected chi connectivity index (χ0v) is 18.5. The Bertz CT molecular complexity index is 1230. The summed E-state index contributed by atoms with van der Waals surface area (Å²) in [7, 11) is 3.20. The number of nitrogens with zero attached hydrogens (tertiary/aromatic N) is 4. The highest BCUT2D eigenvalue weighted by Crippen LogP contribution is 2.45. The number of hydrogen-bond donors (Lipinski definition) is 1. The minimum absolute atomic E-state index is 0.114. The van der Waals surface area contributed by atoms with Gasteiger partial charge in [-0.1, -0.05) is 19.9 Å². The first-order valence-electron chi connectivity index (χ1n) is 10.5. The summed E-state index contributed by atoms with van der Waals surface area (Å²) in [5.41, 5.74) is 3.24. The summed E-state index contributed by atoms with van der Waals surface area (Å²) in [6.45, 7) is 4.23. The molecule has 1 atom stereocenters. The molecule has 0 radical (unpaired) electrons. The van der Waals surface area contributed by atoms with E-state index in [0.717, 1.165) is 28.8 Å². The van der Waals surface area contributed by atoms with Crippen LogP contribution in [0.5, 0.6) is 11.5 Å². The maximum Gasteiger partial charge on any atom is 0.226 e. The van der Waals surface area contributed by atoms with Crippen LogP contribution in [0, 0.1) is 5.41 Å². The van der Waals surface area contributed by atoms with Gasteiger partial charge in [0.15, 0.2) is 23.1 Å². The monoisotopic (exact) mass is 431 g/mol. The average Bonchev–Trinajstić information content (AvgIpc) is 3.20. The van der Waals surface area contributed by atoms with E-state index in [-0.39, 0.29) is 17.2 Å². The topological polar surface area (TPSA) is 91.2 Å². The van der Waals surface area contributed by atoms with E-state index in [1.807, 2.05) is 30.3 Å². The molecule has 1 aliphatic heterocycles. The molecule has 32 heavy (non-hydrogen) atoms. The van der Waals surface area contributed by atoms with Crippen LogP contribution in [0.1, 0.15) is 38.3 Å². The third-order valence-corrected chi connectivity index (χ3v) is 5.97. The van der Waals surface area contributed by atoms with Gasteiger partial charge in [-0.2, -0.15) is 4.98 Å². The van der Waals surface area contributed by atoms with E-state index in [2.05, 4.69) is 24.1 Å². The normalized spacial score (nSPS) is 19.1. The fraction of sp³-hybridized carbons (Fsp3) is 0.333. The summed E-state index contributed by atoms with van der Waals surface area (Å²) in [5, 5.41) is 8.20. The largest absolute Gasteiger partial charge is 0.493 e. The number of pyridine rings is 1. The van der Waals surface area contributed by atoms with E-state index in [0.29, 0.717) is 29.7 Å². The predicted molar refractivity (Wildman–Crippen MR) is 120 cm³/mol. The van der Waals surface area contributed by atoms with Crippen LogP contribution >= 0.6 is 0 Å². The van der Waals surface area contributed by atoms with E-state index in [1.165, 1.54) is 0 Å². The van der Waals surface area contributed by atoms with Crippen molar-refractivity contribution in [2.24, 2.45) is 5.41 Å². The quantitative estimate of drug-likeness (QED) is 0.667. The van der Waals surface area contributed by atoms with Gasteiger partial charge in [0, 0.05) is 35.6 Å². The van der Waals surface area contributed by atoms with E-state index in [1.54, 1.807) is 31.3 Å². The first-order valence-corrected chi connectivity index (χ1v) is 10.5. The summed E-state index contributed by atoms with van der Waals surface area (Å²) in [6.07, 6.45) is 4.78. The van der Waals surface area contributed by atoms with E-state index < -0.39 is 0 Å². The second-order valence-corrected chi connectivity index (χ2v) is 8.92. The number of ketones is 1. The van der Waals surface area contributed by atoms with Gasteiger partial charge in [0.25, 0.3) is 0 Å². The summed E-state index contributed by atoms with van der Waals surface area (Å²) in [4.78, 5) is 22.3. The molecule has 1 N–H and O–H groups in total. The SMILES string of the molecule is COc1ccc(-c2nc3n(n2)C(c2cccnc2)C2=C(CC(C)(C)CC2=O)N3)cc1OC. The molecule has 0 bridgehead atoms. The van der Waals surface area contributed by atoms with Crippen molar-refractivity contribution >= 4 is 11.7 Å². The van der Waals surface area contributed by atoms with Crippen LogP contribution in [0.15, 0.2) is 54.0 Å². The highest BCUT2D eigenvalue weighted by atomic mass is 16.5. The van der Waals surface area contributed by atoms with Crippen molar-refractivity contribution < 1.29 is 14.3 Å². The number of hydrogen-bond acceptors (Lipinski definition) is 7. The van der Waals surface area contributed by atoms with E-state index >= 15 is 0 Å². The first-order chi connectivity index (χ1) is 15.4. The number of fused-ring (bicyclic) bond motifs is 1. The van der Waals surface area contributed by atoms with Gasteiger partial charge in [0.1, 0.15) is 6.04 Å². The average molecular weight is 431 g/mol. The highest BCUT2D eigenvalue weighted by Gasteiger charge is 2.42. The van der Waals surface area contributed by atoms with Crippen LogP contribution in [0.25, 0.3) is 11.4 Å². The lowest BCUT2D eigenvalue weighted by Crippen LogP contribution is -2.36. The van der Waals surface area contributed by atoms with E-state index in [9.17, 15) is 4.79 Å². The van der Waals surface area contributed by atoms with Crippen LogP contribution in [0.3, 0.4) is 0 Å². The molecule has 2 aromatic heterocycles. The van der Waals surface area contributed by atoms with Gasteiger partial charge in [-0.3, -0.25) is 9.78 Å². The van der Waals surface area contributed by atoms with Gasteiger partial charge >= 0.3 is 0 Å². The third kappa shape index (κ3) is 3.32. The van der Waals surface area contributed by atoms with Gasteiger partial charge in [-0.15, -0.1) is 5.10 Å². The molecule has 0 spiro atoms. The molecule has 8 heteroatoms. The first kappa shape index (κ1) is 20.2. The van der Waals surface area contributed by atoms with Gasteiger partial charge in [-0.25, -0.2) is 4.68 Å². The summed E-state index contributed by atoms with van der Waals surface area (Å²) in [5.74, 6) is 2.51. The fourth-order valence-electron chi connectivity index (χ4n) is 4.55. The number of ether oxygens (including phenoxy) is 2. The number of methoxy groups -OCH3 is 2. The number of Topliss-reactive ketones (excluding diaryl/α,β-unsaturated/α-hetero) is 1. The van der Waals surface area contributed by atoms with Crippen molar-refractivity contribution in [2.45, 2.75) is 32.7 Å². The van der Waals surface area contributed by atoms with Crippen molar-refractivity contribution in [2.75, 3.05) is 19.5 Å². The van der Waals surface area contributed by atoms with Crippen LogP contribution < -0.4 is 14.8 Å². The number of carbonyl (C=O) groups is 1. The molecular formula is C24H25N5O3. The Balaban J connectivity index is 1.65. The molecule has 5 rings (SSSR count). The van der Waals surface area contributed by atoms with Crippen molar-refractivity contribution in [1.29, 1.82) is 0 Å². The van der Waals surface area contributed by atoms with Crippen molar-refractivity contribution in [1.82, 2.24) is 19.7 Å². The van der Waals surface area contributed by atoms with Gasteiger partial charge in [0.05, 0.1) is 14.2 Å². The van der Waals surface area contributed by atoms with Crippen LogP contribution in [0.4, 0.5) is 5.95 Å². The molecule has 1 aromatic carbocycles. The number of carbonyl (C=O) groups excluding carboxylic acids is 1. The van der Waals surface area contributed by atoms with Crippen LogP contribution in [-0.4, -0.2) is 39.8 Å². The zero-order chi connectivity index (χ0) is 22.5. The molecule has 3 heterocycles. The lowest BCUT2D eigenvalue weighted by Gasteiger charge is -2.38. The Morgan fingerprint density at radius 1 is 1.12 bits per heavy atom. The molecular weight excluding hydrogens is 406 g/mol. The Kier molecular flexibility index (Phi) is 4.73. The number of aromatic nitrogens is 4. The summed E-state index contributed by atoms with van der Waals surface area (Å²) in [6, 6.07) is 9.04. The maximum atomic E-state index is 13.3. The lowest BCUT2D eigenvalue weighted by molar-refractivity contribution is -0.118. The minimum atomic E-state index is -0.375. The maximum absolute atomic E-state index is 13.3. The molecule has 1 unspecified atom stereocenters. The Morgan fingerprint density at radius 2 is 1.94 bits per heavy atom. The third-order valence-electron chi connectivity index (χ3n) is 5.97. The van der Waals surface area contributed by atoms with E-state index in [4.69, 9.17) is 19.6 Å². The molecule has 0 amide bonds. The zero-order valence-electron chi connectivity index (χ0n) is 18.5. The standard InChI is InChI=1S/C24H25N5O3/c1-24(2)11-16-20(17(30)12-24)21(15-6-5-9-25-13-15)29-23(26-16)27-22(28-29)14-7-8-18(31-3)19(10-14)32-4/h5-10,13,21H,11-12H2,1-4H3,(H,26,27,28). The summed E-state index contributed by atoms with van der Waals surface area (Å²) >= 11 is 0. The molecule has 3 aromatic rings. The van der Waals surface area contributed by atoms with Gasteiger partial charge in [0.2, 0.25) is 5.95 Å². The van der Waals surface area contributed by atoms with Crippen molar-refractivity contribution in [3.8, 4) is 22.9 Å². The fourth-order valence-corrected chi connectivity index (χ4v) is 4.55. The van der Waals surface area contributed by atoms with Gasteiger partial charge in [-0.05, 0) is 41.7 Å². The van der Waals surface area contributed by atoms with Crippen molar-refractivity contribution in [3.05, 3.63) is 59.6 Å². The molecule has 1 aliphatic carbocycles. The molecule has 164 valence electrons. The second-order valence-electron chi connectivity index (χ2n) is 8.92. The molecule has 0 saturated carbocycles. The lowest BCUT2D eigenvalue weighted by atomic mass is 9.73. The summed E-state index contributed by atoms with van der Waals surface area (Å²) < 4.78 is 12.6. The Hall–Kier alpha value is -3.68. The number of anilines is 1. The number of benzene rings is 1. The number of nitrogens with one attached hydrogen (secondary N) is 1. The highest BCUT2D eigenvalue weighted by molar-refractivity contribution is 6.00. The van der Waals surface area contributed by atoms with Gasteiger partial charge < -0.3 is 14.8 Å². The molecule has 0 fully saturated rings. The number of allylic oxidation sites excluding steroid dienone is 2. The second kappa shape index (κ2) is 7.47. The molecule has 0 saturated heterocycles. The number of rotatable bonds is 4. The smallest absolute Gasteiger partial charge is 0.226 e. The Labute approximate surface area is 186 Å². The molecule has 8 nitrogen and oxygen atoms in total. The minimum Gasteiger partial charge on any atom is -0.493 e. The van der Waals surface area contributed by atoms with Crippen LogP contribution in [-0.2, 0) is 4.79 Å². The predicted octanol–water partition coefficient (Wildman–Crippen LogP) is 4.02. The molecule has 2 aliphatic rings. The van der Waals surface area contributed by atoms with Crippen molar-refractivity contribution in [3.63, 3.8) is 0 Å². The van der Waals surface area contributed by atoms with Crippen LogP contribution in [0.2, 0.25) is 0 Å².